The SMILES string of the molecule is Nc1nc(COCc2ccc(Br)cc2)nc2sccc12. The molecule has 0 saturated carbocycles. The molecule has 2 aromatic heterocycles. The molecule has 0 saturated heterocycles. The number of rotatable bonds is 4. The monoisotopic (exact) mass is 349 g/mol. The Balaban J connectivity index is 1.66. The fourth-order valence-electron chi connectivity index (χ4n) is 1.83. The Morgan fingerprint density at radius 2 is 1.90 bits per heavy atom. The third-order valence-corrected chi connectivity index (χ3v) is 4.15. The van der Waals surface area contributed by atoms with Crippen LogP contribution in [0.5, 0.6) is 0 Å². The van der Waals surface area contributed by atoms with Gasteiger partial charge in [0.05, 0.1) is 12.0 Å². The van der Waals surface area contributed by atoms with Crippen LogP contribution in [0.3, 0.4) is 0 Å². The van der Waals surface area contributed by atoms with E-state index >= 15 is 0 Å². The molecule has 102 valence electrons. The van der Waals surface area contributed by atoms with Crippen molar-refractivity contribution in [2.75, 3.05) is 5.73 Å². The van der Waals surface area contributed by atoms with Gasteiger partial charge in [-0.1, -0.05) is 28.1 Å². The van der Waals surface area contributed by atoms with E-state index in [-0.39, 0.29) is 0 Å². The fraction of sp³-hybridized carbons (Fsp3) is 0.143. The highest BCUT2D eigenvalue weighted by atomic mass is 79.9. The minimum absolute atomic E-state index is 0.355. The van der Waals surface area contributed by atoms with E-state index in [1.54, 1.807) is 11.3 Å². The van der Waals surface area contributed by atoms with Crippen LogP contribution in [0.1, 0.15) is 11.4 Å². The van der Waals surface area contributed by atoms with Crippen LogP contribution < -0.4 is 5.73 Å². The predicted octanol–water partition coefficient (Wildman–Crippen LogP) is 3.75. The number of thiophene rings is 1. The van der Waals surface area contributed by atoms with Crippen molar-refractivity contribution in [1.82, 2.24) is 9.97 Å². The van der Waals surface area contributed by atoms with E-state index in [9.17, 15) is 0 Å². The second-order valence-electron chi connectivity index (χ2n) is 4.28. The molecule has 0 unspecified atom stereocenters. The Kier molecular flexibility index (Phi) is 3.95. The first-order chi connectivity index (χ1) is 9.72. The van der Waals surface area contributed by atoms with Gasteiger partial charge in [0.15, 0.2) is 5.82 Å². The molecular weight excluding hydrogens is 338 g/mol. The van der Waals surface area contributed by atoms with E-state index < -0.39 is 0 Å². The fourth-order valence-corrected chi connectivity index (χ4v) is 2.88. The number of hydrogen-bond donors (Lipinski definition) is 1. The van der Waals surface area contributed by atoms with Crippen molar-refractivity contribution in [1.29, 1.82) is 0 Å². The smallest absolute Gasteiger partial charge is 0.158 e. The van der Waals surface area contributed by atoms with E-state index in [1.165, 1.54) is 0 Å². The summed E-state index contributed by atoms with van der Waals surface area (Å²) >= 11 is 4.96. The number of anilines is 1. The van der Waals surface area contributed by atoms with Crippen LogP contribution in [-0.2, 0) is 18.0 Å². The number of fused-ring (bicyclic) bond motifs is 1. The van der Waals surface area contributed by atoms with Gasteiger partial charge in [-0.15, -0.1) is 11.3 Å². The van der Waals surface area contributed by atoms with Gasteiger partial charge >= 0.3 is 0 Å². The number of nitrogen functional groups attached to an aromatic ring is 1. The predicted molar refractivity (Wildman–Crippen MR) is 84.5 cm³/mol. The minimum atomic E-state index is 0.355. The molecule has 4 nitrogen and oxygen atoms in total. The van der Waals surface area contributed by atoms with Gasteiger partial charge in [-0.3, -0.25) is 0 Å². The topological polar surface area (TPSA) is 61.0 Å². The number of hydrogen-bond acceptors (Lipinski definition) is 5. The van der Waals surface area contributed by atoms with Crippen LogP contribution >= 0.6 is 27.3 Å². The third kappa shape index (κ3) is 2.98. The highest BCUT2D eigenvalue weighted by molar-refractivity contribution is 9.10. The molecule has 0 radical (unpaired) electrons. The Morgan fingerprint density at radius 3 is 2.70 bits per heavy atom. The first kappa shape index (κ1) is 13.5. The zero-order chi connectivity index (χ0) is 13.9. The molecule has 2 N–H and O–H groups in total. The first-order valence-corrected chi connectivity index (χ1v) is 7.71. The van der Waals surface area contributed by atoms with Gasteiger partial charge in [-0.05, 0) is 29.1 Å². The van der Waals surface area contributed by atoms with E-state index in [0.717, 1.165) is 20.3 Å². The Bertz CT molecular complexity index is 727. The maximum Gasteiger partial charge on any atom is 0.158 e. The van der Waals surface area contributed by atoms with Gasteiger partial charge in [0, 0.05) is 4.47 Å². The maximum absolute atomic E-state index is 5.90. The van der Waals surface area contributed by atoms with E-state index in [0.29, 0.717) is 24.9 Å². The summed E-state index contributed by atoms with van der Waals surface area (Å²) in [5.74, 6) is 1.13. The van der Waals surface area contributed by atoms with Gasteiger partial charge in [0.25, 0.3) is 0 Å². The average Bonchev–Trinajstić information content (AvgIpc) is 2.90. The number of nitrogens with zero attached hydrogens (tertiary/aromatic N) is 2. The summed E-state index contributed by atoms with van der Waals surface area (Å²) in [4.78, 5) is 9.60. The molecule has 0 fully saturated rings. The van der Waals surface area contributed by atoms with Crippen molar-refractivity contribution in [3.05, 3.63) is 51.6 Å². The van der Waals surface area contributed by atoms with E-state index in [1.807, 2.05) is 35.7 Å². The Morgan fingerprint density at radius 1 is 1.10 bits per heavy atom. The van der Waals surface area contributed by atoms with E-state index in [4.69, 9.17) is 10.5 Å². The highest BCUT2D eigenvalue weighted by Crippen LogP contribution is 2.23. The normalized spacial score (nSPS) is 11.1. The largest absolute Gasteiger partial charge is 0.383 e. The van der Waals surface area contributed by atoms with Crippen LogP contribution in [-0.4, -0.2) is 9.97 Å². The van der Waals surface area contributed by atoms with Crippen molar-refractivity contribution < 1.29 is 4.74 Å². The zero-order valence-electron chi connectivity index (χ0n) is 10.5. The molecule has 0 amide bonds. The Labute approximate surface area is 128 Å². The Hall–Kier alpha value is -1.50. The van der Waals surface area contributed by atoms with Crippen molar-refractivity contribution in [2.24, 2.45) is 0 Å². The third-order valence-electron chi connectivity index (χ3n) is 2.81. The summed E-state index contributed by atoms with van der Waals surface area (Å²) < 4.78 is 6.69. The van der Waals surface area contributed by atoms with Crippen LogP contribution in [0.2, 0.25) is 0 Å². The molecule has 0 aliphatic carbocycles. The molecule has 2 heterocycles. The summed E-state index contributed by atoms with van der Waals surface area (Å²) in [5, 5.41) is 2.87. The summed E-state index contributed by atoms with van der Waals surface area (Å²) in [6, 6.07) is 9.95. The highest BCUT2D eigenvalue weighted by Gasteiger charge is 2.06. The van der Waals surface area contributed by atoms with E-state index in [2.05, 4.69) is 25.9 Å². The lowest BCUT2D eigenvalue weighted by atomic mass is 10.2. The lowest BCUT2D eigenvalue weighted by Crippen LogP contribution is -2.02. The molecule has 0 spiro atoms. The molecule has 0 atom stereocenters. The second kappa shape index (κ2) is 5.87. The molecule has 20 heavy (non-hydrogen) atoms. The number of aromatic nitrogens is 2. The molecule has 3 rings (SSSR count). The number of nitrogens with two attached hydrogens (primary N) is 1. The number of benzene rings is 1. The summed E-state index contributed by atoms with van der Waals surface area (Å²) in [6.45, 7) is 0.882. The van der Waals surface area contributed by atoms with Gasteiger partial charge in [-0.25, -0.2) is 9.97 Å². The lowest BCUT2D eigenvalue weighted by Gasteiger charge is -2.05. The standard InChI is InChI=1S/C14H12BrN3OS/c15-10-3-1-9(2-4-10)7-19-8-12-17-13(16)11-5-6-20-14(11)18-12/h1-6H,7-8H2,(H2,16,17,18). The summed E-state index contributed by atoms with van der Waals surface area (Å²) in [6.07, 6.45) is 0. The quantitative estimate of drug-likeness (QED) is 0.778. The number of ether oxygens (including phenoxy) is 1. The molecule has 3 aromatic rings. The van der Waals surface area contributed by atoms with Crippen LogP contribution in [0.25, 0.3) is 10.2 Å². The maximum atomic E-state index is 5.90. The van der Waals surface area contributed by atoms with Crippen molar-refractivity contribution in [2.45, 2.75) is 13.2 Å². The van der Waals surface area contributed by atoms with Gasteiger partial charge in [-0.2, -0.15) is 0 Å². The molecule has 0 aliphatic heterocycles. The van der Waals surface area contributed by atoms with Crippen molar-refractivity contribution >= 4 is 43.3 Å². The van der Waals surface area contributed by atoms with Crippen molar-refractivity contribution in [3.63, 3.8) is 0 Å². The first-order valence-electron chi connectivity index (χ1n) is 6.04. The average molecular weight is 350 g/mol. The molecular formula is C14H12BrN3OS. The van der Waals surface area contributed by atoms with Gasteiger partial charge < -0.3 is 10.5 Å². The molecule has 0 aliphatic rings. The van der Waals surface area contributed by atoms with Crippen LogP contribution in [0, 0.1) is 0 Å². The second-order valence-corrected chi connectivity index (χ2v) is 6.09. The lowest BCUT2D eigenvalue weighted by molar-refractivity contribution is 0.102. The molecule has 0 bridgehead atoms. The molecule has 6 heteroatoms. The minimum Gasteiger partial charge on any atom is -0.383 e. The van der Waals surface area contributed by atoms with Crippen LogP contribution in [0.15, 0.2) is 40.2 Å². The van der Waals surface area contributed by atoms with Gasteiger partial charge in [0.2, 0.25) is 0 Å². The zero-order valence-corrected chi connectivity index (χ0v) is 12.9. The number of halogens is 1. The van der Waals surface area contributed by atoms with Gasteiger partial charge in [0.1, 0.15) is 17.3 Å². The molecule has 1 aromatic carbocycles. The summed E-state index contributed by atoms with van der Waals surface area (Å²) in [5.41, 5.74) is 7.01. The summed E-state index contributed by atoms with van der Waals surface area (Å²) in [7, 11) is 0. The van der Waals surface area contributed by atoms with Crippen LogP contribution in [0.4, 0.5) is 5.82 Å². The van der Waals surface area contributed by atoms with Crippen molar-refractivity contribution in [3.8, 4) is 0 Å².